The van der Waals surface area contributed by atoms with Crippen LogP contribution < -0.4 is 0 Å². The number of oxime groups is 1. The molecule has 0 aliphatic carbocycles. The molecule has 0 amide bonds. The molecule has 0 saturated heterocycles. The third kappa shape index (κ3) is 3.31. The first kappa shape index (κ1) is 14.0. The molecule has 6 nitrogen and oxygen atoms in total. The van der Waals surface area contributed by atoms with E-state index < -0.39 is 23.9 Å². The molecule has 0 spiro atoms. The number of nitrogens with zero attached hydrogens (tertiary/aromatic N) is 1. The van der Waals surface area contributed by atoms with Crippen LogP contribution in [0, 0.1) is 5.82 Å². The predicted octanol–water partition coefficient (Wildman–Crippen LogP) is 1.30. The Morgan fingerprint density at radius 1 is 1.45 bits per heavy atom. The van der Waals surface area contributed by atoms with Crippen LogP contribution >= 0.6 is 0 Å². The first-order valence-electron chi connectivity index (χ1n) is 5.84. The molecule has 1 aromatic rings. The predicted molar refractivity (Wildman–Crippen MR) is 65.6 cm³/mol. The second-order valence-electron chi connectivity index (χ2n) is 4.07. The Bertz CT molecular complexity index is 557. The molecular weight excluding hydrogens is 269 g/mol. The van der Waals surface area contributed by atoms with Crippen molar-refractivity contribution in [3.8, 4) is 0 Å². The first-order valence-corrected chi connectivity index (χ1v) is 5.84. The standard InChI is InChI=1S/C13H12FNO5/c1-18-13(17)11-6-10(20-15-11)7-19-12(16)8-3-2-4-9(14)5-8/h2-5,10H,6-7H2,1H3. The highest BCUT2D eigenvalue weighted by molar-refractivity contribution is 6.36. The minimum atomic E-state index is -0.667. The number of esters is 2. The van der Waals surface area contributed by atoms with E-state index in [4.69, 9.17) is 9.57 Å². The van der Waals surface area contributed by atoms with Crippen molar-refractivity contribution in [1.29, 1.82) is 0 Å². The van der Waals surface area contributed by atoms with Crippen molar-refractivity contribution in [2.45, 2.75) is 12.5 Å². The smallest absolute Gasteiger partial charge is 0.355 e. The van der Waals surface area contributed by atoms with E-state index >= 15 is 0 Å². The van der Waals surface area contributed by atoms with Crippen molar-refractivity contribution < 1.29 is 28.3 Å². The molecule has 1 aliphatic heterocycles. The lowest BCUT2D eigenvalue weighted by atomic mass is 10.2. The topological polar surface area (TPSA) is 74.2 Å². The lowest BCUT2D eigenvalue weighted by molar-refractivity contribution is -0.132. The van der Waals surface area contributed by atoms with Crippen LogP contribution in [-0.2, 0) is 19.1 Å². The summed E-state index contributed by atoms with van der Waals surface area (Å²) >= 11 is 0. The van der Waals surface area contributed by atoms with Crippen LogP contribution in [0.1, 0.15) is 16.8 Å². The zero-order valence-corrected chi connectivity index (χ0v) is 10.7. The van der Waals surface area contributed by atoms with Gasteiger partial charge in [-0.1, -0.05) is 11.2 Å². The molecule has 106 valence electrons. The van der Waals surface area contributed by atoms with Gasteiger partial charge in [0.25, 0.3) is 0 Å². The molecule has 0 aromatic heterocycles. The summed E-state index contributed by atoms with van der Waals surface area (Å²) in [6, 6.07) is 5.16. The van der Waals surface area contributed by atoms with Gasteiger partial charge in [-0.2, -0.15) is 0 Å². The molecule has 20 heavy (non-hydrogen) atoms. The van der Waals surface area contributed by atoms with Crippen LogP contribution in [0.25, 0.3) is 0 Å². The molecule has 1 heterocycles. The summed E-state index contributed by atoms with van der Waals surface area (Å²) in [6.45, 7) is -0.0840. The summed E-state index contributed by atoms with van der Waals surface area (Å²) < 4.78 is 22.4. The number of carbonyl (C=O) groups excluding carboxylic acids is 2. The number of halogens is 1. The first-order chi connectivity index (χ1) is 9.60. The number of rotatable bonds is 4. The van der Waals surface area contributed by atoms with Crippen molar-refractivity contribution in [3.05, 3.63) is 35.6 Å². The maximum Gasteiger partial charge on any atom is 0.355 e. The molecular formula is C13H12FNO5. The van der Waals surface area contributed by atoms with Crippen molar-refractivity contribution in [2.75, 3.05) is 13.7 Å². The van der Waals surface area contributed by atoms with Gasteiger partial charge in [0.15, 0.2) is 11.8 Å². The Morgan fingerprint density at radius 3 is 2.95 bits per heavy atom. The monoisotopic (exact) mass is 281 g/mol. The van der Waals surface area contributed by atoms with Crippen molar-refractivity contribution >= 4 is 17.7 Å². The summed E-state index contributed by atoms with van der Waals surface area (Å²) in [4.78, 5) is 27.8. The fraction of sp³-hybridized carbons (Fsp3) is 0.308. The van der Waals surface area contributed by atoms with Gasteiger partial charge in [-0.25, -0.2) is 14.0 Å². The molecule has 0 fully saturated rings. The number of ether oxygens (including phenoxy) is 2. The fourth-order valence-corrected chi connectivity index (χ4v) is 1.62. The van der Waals surface area contributed by atoms with Gasteiger partial charge in [0.2, 0.25) is 0 Å². The summed E-state index contributed by atoms with van der Waals surface area (Å²) in [5.74, 6) is -1.77. The normalized spacial score (nSPS) is 17.1. The molecule has 1 unspecified atom stereocenters. The Morgan fingerprint density at radius 2 is 2.25 bits per heavy atom. The maximum absolute atomic E-state index is 12.9. The molecule has 0 radical (unpaired) electrons. The third-order valence-electron chi connectivity index (χ3n) is 2.61. The Kier molecular flexibility index (Phi) is 4.29. The summed E-state index contributed by atoms with van der Waals surface area (Å²) in [5, 5.41) is 3.54. The SMILES string of the molecule is COC(=O)C1=NOC(COC(=O)c2cccc(F)c2)C1. The van der Waals surface area contributed by atoms with E-state index in [-0.39, 0.29) is 24.3 Å². The van der Waals surface area contributed by atoms with Gasteiger partial charge < -0.3 is 14.3 Å². The fourth-order valence-electron chi connectivity index (χ4n) is 1.62. The highest BCUT2D eigenvalue weighted by atomic mass is 19.1. The van der Waals surface area contributed by atoms with E-state index in [0.717, 1.165) is 6.07 Å². The number of carbonyl (C=O) groups is 2. The Balaban J connectivity index is 1.83. The van der Waals surface area contributed by atoms with E-state index in [1.165, 1.54) is 25.3 Å². The molecule has 1 aliphatic rings. The molecule has 1 atom stereocenters. The van der Waals surface area contributed by atoms with Crippen molar-refractivity contribution in [2.24, 2.45) is 5.16 Å². The highest BCUT2D eigenvalue weighted by Crippen LogP contribution is 2.13. The number of hydrogen-bond donors (Lipinski definition) is 0. The maximum atomic E-state index is 12.9. The number of hydrogen-bond acceptors (Lipinski definition) is 6. The largest absolute Gasteiger partial charge is 0.464 e. The lowest BCUT2D eigenvalue weighted by Crippen LogP contribution is -2.22. The van der Waals surface area contributed by atoms with E-state index in [1.54, 1.807) is 0 Å². The van der Waals surface area contributed by atoms with Crippen molar-refractivity contribution in [1.82, 2.24) is 0 Å². The van der Waals surface area contributed by atoms with Crippen LogP contribution in [0.3, 0.4) is 0 Å². The molecule has 0 saturated carbocycles. The van der Waals surface area contributed by atoms with E-state index in [9.17, 15) is 14.0 Å². The molecule has 1 aromatic carbocycles. The van der Waals surface area contributed by atoms with Crippen LogP contribution in [0.5, 0.6) is 0 Å². The van der Waals surface area contributed by atoms with Gasteiger partial charge in [0.1, 0.15) is 12.4 Å². The lowest BCUT2D eigenvalue weighted by Gasteiger charge is -2.09. The van der Waals surface area contributed by atoms with E-state index in [1.807, 2.05) is 0 Å². The average Bonchev–Trinajstić information content (AvgIpc) is 2.92. The Hall–Kier alpha value is -2.44. The molecule has 0 bridgehead atoms. The Labute approximate surface area is 114 Å². The second-order valence-corrected chi connectivity index (χ2v) is 4.07. The molecule has 7 heteroatoms. The summed E-state index contributed by atoms with van der Waals surface area (Å²) in [7, 11) is 1.24. The van der Waals surface area contributed by atoms with Gasteiger partial charge >= 0.3 is 11.9 Å². The highest BCUT2D eigenvalue weighted by Gasteiger charge is 2.27. The average molecular weight is 281 g/mol. The van der Waals surface area contributed by atoms with E-state index in [2.05, 4.69) is 9.89 Å². The molecule has 2 rings (SSSR count). The van der Waals surface area contributed by atoms with Crippen LogP contribution in [0.4, 0.5) is 4.39 Å². The zero-order chi connectivity index (χ0) is 14.5. The van der Waals surface area contributed by atoms with Gasteiger partial charge in [0.05, 0.1) is 12.7 Å². The number of benzene rings is 1. The van der Waals surface area contributed by atoms with Gasteiger partial charge in [-0.05, 0) is 18.2 Å². The van der Waals surface area contributed by atoms with Gasteiger partial charge in [-0.3, -0.25) is 0 Å². The molecule has 0 N–H and O–H groups in total. The summed E-state index contributed by atoms with van der Waals surface area (Å²) in [6.07, 6.45) is -0.343. The zero-order valence-electron chi connectivity index (χ0n) is 10.7. The quantitative estimate of drug-likeness (QED) is 0.778. The van der Waals surface area contributed by atoms with Crippen LogP contribution in [0.15, 0.2) is 29.4 Å². The summed E-state index contributed by atoms with van der Waals surface area (Å²) in [5.41, 5.74) is 0.247. The van der Waals surface area contributed by atoms with Gasteiger partial charge in [-0.15, -0.1) is 0 Å². The van der Waals surface area contributed by atoms with Crippen LogP contribution in [0.2, 0.25) is 0 Å². The third-order valence-corrected chi connectivity index (χ3v) is 2.61. The number of methoxy groups -OCH3 is 1. The van der Waals surface area contributed by atoms with Crippen LogP contribution in [-0.4, -0.2) is 37.5 Å². The minimum absolute atomic E-state index is 0.0840. The van der Waals surface area contributed by atoms with Gasteiger partial charge in [0, 0.05) is 6.42 Å². The minimum Gasteiger partial charge on any atom is -0.464 e. The second kappa shape index (κ2) is 6.14. The van der Waals surface area contributed by atoms with Crippen molar-refractivity contribution in [3.63, 3.8) is 0 Å². The van der Waals surface area contributed by atoms with E-state index in [0.29, 0.717) is 0 Å².